The predicted octanol–water partition coefficient (Wildman–Crippen LogP) is 2.11. The lowest BCUT2D eigenvalue weighted by atomic mass is 10.4. The lowest BCUT2D eigenvalue weighted by Crippen LogP contribution is -2.31. The highest BCUT2D eigenvalue weighted by Gasteiger charge is 2.39. The standard InChI is InChI=1S/C3H4F6N2/c4-3(5,11(8)9)1-2-10(6)7/h1-2H2. The third kappa shape index (κ3) is 4.04. The summed E-state index contributed by atoms with van der Waals surface area (Å²) in [6.07, 6.45) is -1.62. The van der Waals surface area contributed by atoms with E-state index in [1.165, 1.54) is 0 Å². The van der Waals surface area contributed by atoms with Gasteiger partial charge in [-0.1, -0.05) is 8.96 Å². The molecule has 0 fully saturated rings. The summed E-state index contributed by atoms with van der Waals surface area (Å²) in [7, 11) is 0. The molecule has 0 atom stereocenters. The maximum absolute atomic E-state index is 11.7. The van der Waals surface area contributed by atoms with Crippen LogP contribution in [-0.2, 0) is 0 Å². The van der Waals surface area contributed by atoms with Crippen LogP contribution in [0.2, 0.25) is 0 Å². The fourth-order valence-corrected chi connectivity index (χ4v) is 0.304. The van der Waals surface area contributed by atoms with Gasteiger partial charge in [0.25, 0.3) is 0 Å². The maximum Gasteiger partial charge on any atom is 0.359 e. The largest absolute Gasteiger partial charge is 0.359 e. The van der Waals surface area contributed by atoms with Crippen molar-refractivity contribution in [1.82, 2.24) is 10.7 Å². The average molecular weight is 182 g/mol. The lowest BCUT2D eigenvalue weighted by molar-refractivity contribution is -0.339. The van der Waals surface area contributed by atoms with E-state index in [1.54, 1.807) is 0 Å². The highest BCUT2D eigenvalue weighted by atomic mass is 19.4. The summed E-state index contributed by atoms with van der Waals surface area (Å²) in [5.74, 6) is 0. The molecule has 0 rings (SSSR count). The van der Waals surface area contributed by atoms with Gasteiger partial charge in [0.15, 0.2) is 0 Å². The van der Waals surface area contributed by atoms with Crippen molar-refractivity contribution in [3.63, 3.8) is 0 Å². The van der Waals surface area contributed by atoms with Crippen molar-refractivity contribution in [3.05, 3.63) is 0 Å². The molecule has 11 heavy (non-hydrogen) atoms. The smallest absolute Gasteiger partial charge is 0.183 e. The van der Waals surface area contributed by atoms with Crippen molar-refractivity contribution in [2.45, 2.75) is 12.5 Å². The highest BCUT2D eigenvalue weighted by Crippen LogP contribution is 2.24. The van der Waals surface area contributed by atoms with Crippen LogP contribution in [0.5, 0.6) is 0 Å². The molecule has 0 aliphatic rings. The van der Waals surface area contributed by atoms with Gasteiger partial charge in [0.2, 0.25) is 0 Å². The van der Waals surface area contributed by atoms with Gasteiger partial charge >= 0.3 is 6.05 Å². The molecule has 0 aromatic rings. The van der Waals surface area contributed by atoms with Gasteiger partial charge in [-0.05, 0) is 0 Å². The second-order valence-corrected chi connectivity index (χ2v) is 1.68. The first kappa shape index (κ1) is 10.5. The fourth-order valence-electron chi connectivity index (χ4n) is 0.304. The number of rotatable bonds is 4. The van der Waals surface area contributed by atoms with Crippen LogP contribution < -0.4 is 0 Å². The molecule has 0 saturated carbocycles. The van der Waals surface area contributed by atoms with Crippen molar-refractivity contribution in [2.24, 2.45) is 0 Å². The molecule has 68 valence electrons. The molecule has 0 aromatic carbocycles. The molecule has 8 heteroatoms. The molecule has 0 aliphatic carbocycles. The summed E-state index contributed by atoms with van der Waals surface area (Å²) in [5, 5.41) is -3.98. The monoisotopic (exact) mass is 182 g/mol. The van der Waals surface area contributed by atoms with Crippen LogP contribution in [0.25, 0.3) is 0 Å². The van der Waals surface area contributed by atoms with E-state index in [0.717, 1.165) is 0 Å². The number of hydrogen-bond donors (Lipinski definition) is 0. The first-order valence-corrected chi connectivity index (χ1v) is 2.45. The van der Waals surface area contributed by atoms with Gasteiger partial charge in [0, 0.05) is 11.8 Å². The third-order valence-corrected chi connectivity index (χ3v) is 0.829. The summed E-state index contributed by atoms with van der Waals surface area (Å²) in [6, 6.07) is -4.49. The molecule has 0 amide bonds. The van der Waals surface area contributed by atoms with E-state index in [1.807, 2.05) is 0 Å². The van der Waals surface area contributed by atoms with Crippen molar-refractivity contribution >= 4 is 0 Å². The third-order valence-electron chi connectivity index (χ3n) is 0.829. The Hall–Kier alpha value is -0.500. The lowest BCUT2D eigenvalue weighted by Gasteiger charge is -2.14. The molecule has 0 aliphatic heterocycles. The summed E-state index contributed by atoms with van der Waals surface area (Å²) in [5.41, 5.74) is 0. The number of nitrogens with zero attached hydrogens (tertiary/aromatic N) is 2. The number of hydrogen-bond acceptors (Lipinski definition) is 2. The average Bonchev–Trinajstić information content (AvgIpc) is 1.84. The van der Waals surface area contributed by atoms with Crippen molar-refractivity contribution < 1.29 is 26.7 Å². The summed E-state index contributed by atoms with van der Waals surface area (Å²) in [4.78, 5) is 0. The second-order valence-electron chi connectivity index (χ2n) is 1.68. The van der Waals surface area contributed by atoms with Crippen molar-refractivity contribution in [1.29, 1.82) is 0 Å². The molecule has 0 heterocycles. The second kappa shape index (κ2) is 3.77. The van der Waals surface area contributed by atoms with E-state index >= 15 is 0 Å². The van der Waals surface area contributed by atoms with Gasteiger partial charge < -0.3 is 0 Å². The van der Waals surface area contributed by atoms with E-state index in [9.17, 15) is 26.7 Å². The molecule has 0 N–H and O–H groups in total. The number of alkyl halides is 2. The topological polar surface area (TPSA) is 6.48 Å². The van der Waals surface area contributed by atoms with Crippen molar-refractivity contribution in [3.8, 4) is 0 Å². The SMILES string of the molecule is FN(F)CCC(F)(F)N(F)F. The highest BCUT2D eigenvalue weighted by molar-refractivity contribution is 4.56. The van der Waals surface area contributed by atoms with E-state index in [4.69, 9.17) is 0 Å². The van der Waals surface area contributed by atoms with E-state index < -0.39 is 29.7 Å². The zero-order valence-corrected chi connectivity index (χ0v) is 5.08. The molecule has 0 bridgehead atoms. The number of halogens is 6. The van der Waals surface area contributed by atoms with Crippen molar-refractivity contribution in [2.75, 3.05) is 6.54 Å². The minimum atomic E-state index is -4.49. The summed E-state index contributed by atoms with van der Waals surface area (Å²) in [6.45, 7) is -1.41. The molecule has 0 saturated heterocycles. The zero-order valence-electron chi connectivity index (χ0n) is 5.08. The van der Waals surface area contributed by atoms with Crippen LogP contribution >= 0.6 is 0 Å². The molecule has 0 aromatic heterocycles. The van der Waals surface area contributed by atoms with Gasteiger partial charge in [-0.3, -0.25) is 0 Å². The van der Waals surface area contributed by atoms with E-state index in [0.29, 0.717) is 0 Å². The summed E-state index contributed by atoms with van der Waals surface area (Å²) < 4.78 is 67.7. The Morgan fingerprint density at radius 1 is 1.00 bits per heavy atom. The fraction of sp³-hybridized carbons (Fsp3) is 1.00. The quantitative estimate of drug-likeness (QED) is 0.373. The van der Waals surface area contributed by atoms with Crippen LogP contribution in [-0.4, -0.2) is 23.3 Å². The van der Waals surface area contributed by atoms with Gasteiger partial charge in [-0.25, -0.2) is 0 Å². The van der Waals surface area contributed by atoms with Crippen LogP contribution in [0.4, 0.5) is 26.7 Å². The van der Waals surface area contributed by atoms with Crippen LogP contribution in [0.1, 0.15) is 6.42 Å². The van der Waals surface area contributed by atoms with Crippen LogP contribution in [0.15, 0.2) is 0 Å². The molecular weight excluding hydrogens is 178 g/mol. The molecule has 0 radical (unpaired) electrons. The molecule has 0 spiro atoms. The normalized spacial score (nSPS) is 13.1. The first-order chi connectivity index (χ1) is 4.86. The summed E-state index contributed by atoms with van der Waals surface area (Å²) >= 11 is 0. The Morgan fingerprint density at radius 3 is 1.73 bits per heavy atom. The Morgan fingerprint density at radius 2 is 1.45 bits per heavy atom. The Labute approximate surface area is 57.7 Å². The van der Waals surface area contributed by atoms with Gasteiger partial charge in [0.05, 0.1) is 11.9 Å². The van der Waals surface area contributed by atoms with Gasteiger partial charge in [-0.2, -0.15) is 8.78 Å². The minimum absolute atomic E-state index is 1.41. The van der Waals surface area contributed by atoms with Gasteiger partial charge in [0.1, 0.15) is 0 Å². The molecule has 2 nitrogen and oxygen atoms in total. The van der Waals surface area contributed by atoms with E-state index in [2.05, 4.69) is 0 Å². The first-order valence-electron chi connectivity index (χ1n) is 2.45. The Balaban J connectivity index is 3.73. The van der Waals surface area contributed by atoms with Gasteiger partial charge in [-0.15, -0.1) is 8.96 Å². The Bertz CT molecular complexity index is 114. The predicted molar refractivity (Wildman–Crippen MR) is 22.5 cm³/mol. The maximum atomic E-state index is 11.7. The molecular formula is C3H4F6N2. The van der Waals surface area contributed by atoms with Crippen LogP contribution in [0.3, 0.4) is 0 Å². The Kier molecular flexibility index (Phi) is 3.59. The molecule has 0 unspecified atom stereocenters. The van der Waals surface area contributed by atoms with Crippen LogP contribution in [0, 0.1) is 0 Å². The minimum Gasteiger partial charge on any atom is -0.183 e. The van der Waals surface area contributed by atoms with E-state index in [-0.39, 0.29) is 0 Å². The zero-order chi connectivity index (χ0) is 9.07.